The molecule has 0 amide bonds. The van der Waals surface area contributed by atoms with Crippen molar-refractivity contribution in [3.8, 4) is 0 Å². The Labute approximate surface area is 87.0 Å². The normalized spacial score (nSPS) is 10.8. The van der Waals surface area contributed by atoms with Crippen molar-refractivity contribution in [3.05, 3.63) is 34.3 Å². The molecule has 1 aromatic carbocycles. The molecule has 0 unspecified atom stereocenters. The zero-order valence-electron chi connectivity index (χ0n) is 7.63. The molecule has 0 heterocycles. The van der Waals surface area contributed by atoms with Crippen LogP contribution in [0.15, 0.2) is 28.7 Å². The van der Waals surface area contributed by atoms with Crippen molar-refractivity contribution in [2.24, 2.45) is 5.84 Å². The SMILES string of the molecule is CN(CNN)Cc1cccc(Br)c1. The van der Waals surface area contributed by atoms with Crippen molar-refractivity contribution >= 4 is 15.9 Å². The van der Waals surface area contributed by atoms with Gasteiger partial charge in [-0.25, -0.2) is 5.43 Å². The number of nitrogens with zero attached hydrogens (tertiary/aromatic N) is 1. The van der Waals surface area contributed by atoms with Gasteiger partial charge in [0.25, 0.3) is 0 Å². The fourth-order valence-electron chi connectivity index (χ4n) is 1.16. The van der Waals surface area contributed by atoms with Crippen LogP contribution < -0.4 is 11.3 Å². The maximum atomic E-state index is 5.21. The second-order valence-electron chi connectivity index (χ2n) is 3.01. The van der Waals surface area contributed by atoms with E-state index in [2.05, 4.69) is 38.4 Å². The third-order valence-corrected chi connectivity index (χ3v) is 2.20. The predicted molar refractivity (Wildman–Crippen MR) is 57.8 cm³/mol. The van der Waals surface area contributed by atoms with Crippen LogP contribution in [0.1, 0.15) is 5.56 Å². The summed E-state index contributed by atoms with van der Waals surface area (Å²) in [6.45, 7) is 1.58. The molecule has 4 heteroatoms. The van der Waals surface area contributed by atoms with E-state index >= 15 is 0 Å². The summed E-state index contributed by atoms with van der Waals surface area (Å²) >= 11 is 3.43. The lowest BCUT2D eigenvalue weighted by atomic mass is 10.2. The summed E-state index contributed by atoms with van der Waals surface area (Å²) in [4.78, 5) is 2.10. The molecule has 1 rings (SSSR count). The fourth-order valence-corrected chi connectivity index (χ4v) is 1.61. The van der Waals surface area contributed by atoms with Gasteiger partial charge in [0.05, 0.1) is 6.67 Å². The average molecular weight is 244 g/mol. The molecule has 0 aliphatic heterocycles. The van der Waals surface area contributed by atoms with Gasteiger partial charge in [0.1, 0.15) is 0 Å². The molecule has 0 aliphatic rings. The molecule has 1 aromatic rings. The zero-order valence-corrected chi connectivity index (χ0v) is 9.21. The largest absolute Gasteiger partial charge is 0.288 e. The second kappa shape index (κ2) is 5.34. The average Bonchev–Trinajstić information content (AvgIpc) is 2.04. The number of nitrogens with two attached hydrogens (primary N) is 1. The van der Waals surface area contributed by atoms with E-state index in [1.807, 2.05) is 19.2 Å². The zero-order chi connectivity index (χ0) is 9.68. The maximum Gasteiger partial charge on any atom is 0.0612 e. The summed E-state index contributed by atoms with van der Waals surface area (Å²) in [5.41, 5.74) is 3.89. The Kier molecular flexibility index (Phi) is 4.38. The molecule has 0 bridgehead atoms. The molecule has 3 nitrogen and oxygen atoms in total. The van der Waals surface area contributed by atoms with Crippen LogP contribution in [0.5, 0.6) is 0 Å². The van der Waals surface area contributed by atoms with Crippen molar-refractivity contribution in [2.45, 2.75) is 6.54 Å². The van der Waals surface area contributed by atoms with Crippen molar-refractivity contribution in [2.75, 3.05) is 13.7 Å². The Morgan fingerprint density at radius 2 is 2.31 bits per heavy atom. The first-order chi connectivity index (χ1) is 6.22. The number of hydrazine groups is 1. The predicted octanol–water partition coefficient (Wildman–Crippen LogP) is 1.30. The molecule has 0 aromatic heterocycles. The van der Waals surface area contributed by atoms with Crippen LogP contribution in [0.2, 0.25) is 0 Å². The van der Waals surface area contributed by atoms with Crippen LogP contribution in [0.3, 0.4) is 0 Å². The van der Waals surface area contributed by atoms with Crippen molar-refractivity contribution in [1.82, 2.24) is 10.3 Å². The van der Waals surface area contributed by atoms with Gasteiger partial charge in [-0.2, -0.15) is 0 Å². The maximum absolute atomic E-state index is 5.21. The van der Waals surface area contributed by atoms with E-state index in [1.54, 1.807) is 0 Å². The molecule has 0 saturated carbocycles. The topological polar surface area (TPSA) is 41.3 Å². The lowest BCUT2D eigenvalue weighted by molar-refractivity contribution is 0.301. The highest BCUT2D eigenvalue weighted by atomic mass is 79.9. The summed E-state index contributed by atoms with van der Waals surface area (Å²) in [7, 11) is 2.01. The van der Waals surface area contributed by atoms with Crippen molar-refractivity contribution < 1.29 is 0 Å². The Hall–Kier alpha value is -0.420. The summed E-state index contributed by atoms with van der Waals surface area (Å²) in [6, 6.07) is 8.25. The van der Waals surface area contributed by atoms with Crippen LogP contribution in [0.4, 0.5) is 0 Å². The first-order valence-electron chi connectivity index (χ1n) is 4.09. The number of nitrogens with one attached hydrogen (secondary N) is 1. The summed E-state index contributed by atoms with van der Waals surface area (Å²) in [6.07, 6.45) is 0. The van der Waals surface area contributed by atoms with Gasteiger partial charge >= 0.3 is 0 Å². The van der Waals surface area contributed by atoms with Gasteiger partial charge < -0.3 is 0 Å². The van der Waals surface area contributed by atoms with Gasteiger partial charge in [-0.1, -0.05) is 28.1 Å². The Balaban J connectivity index is 2.53. The minimum Gasteiger partial charge on any atom is -0.288 e. The van der Waals surface area contributed by atoms with Gasteiger partial charge in [-0.15, -0.1) is 0 Å². The fraction of sp³-hybridized carbons (Fsp3) is 0.333. The van der Waals surface area contributed by atoms with Gasteiger partial charge in [0.2, 0.25) is 0 Å². The van der Waals surface area contributed by atoms with E-state index < -0.39 is 0 Å². The molecule has 0 radical (unpaired) electrons. The van der Waals surface area contributed by atoms with Gasteiger partial charge in [-0.05, 0) is 24.7 Å². The van der Waals surface area contributed by atoms with E-state index in [1.165, 1.54) is 5.56 Å². The number of rotatable bonds is 4. The number of halogens is 1. The summed E-state index contributed by atoms with van der Waals surface area (Å²) in [5, 5.41) is 0. The molecular weight excluding hydrogens is 230 g/mol. The van der Waals surface area contributed by atoms with Gasteiger partial charge in [0, 0.05) is 11.0 Å². The molecule has 0 fully saturated rings. The van der Waals surface area contributed by atoms with Gasteiger partial charge in [-0.3, -0.25) is 10.7 Å². The molecule has 0 atom stereocenters. The quantitative estimate of drug-likeness (QED) is 0.476. The summed E-state index contributed by atoms with van der Waals surface area (Å²) < 4.78 is 1.11. The monoisotopic (exact) mass is 243 g/mol. The molecule has 0 saturated heterocycles. The van der Waals surface area contributed by atoms with Crippen molar-refractivity contribution in [3.63, 3.8) is 0 Å². The minimum absolute atomic E-state index is 0.687. The second-order valence-corrected chi connectivity index (χ2v) is 3.92. The van der Waals surface area contributed by atoms with E-state index in [0.29, 0.717) is 6.67 Å². The van der Waals surface area contributed by atoms with E-state index in [-0.39, 0.29) is 0 Å². The molecular formula is C9H14BrN3. The van der Waals surface area contributed by atoms with E-state index in [0.717, 1.165) is 11.0 Å². The molecule has 72 valence electrons. The molecule has 0 aliphatic carbocycles. The number of hydrogen-bond acceptors (Lipinski definition) is 3. The van der Waals surface area contributed by atoms with Gasteiger partial charge in [0.15, 0.2) is 0 Å². The van der Waals surface area contributed by atoms with Crippen LogP contribution in [0, 0.1) is 0 Å². The lowest BCUT2D eigenvalue weighted by Gasteiger charge is -2.15. The smallest absolute Gasteiger partial charge is 0.0612 e. The van der Waals surface area contributed by atoms with Crippen LogP contribution in [-0.4, -0.2) is 18.6 Å². The summed E-state index contributed by atoms with van der Waals surface area (Å²) in [5.74, 6) is 5.21. The molecule has 3 N–H and O–H groups in total. The standard InChI is InChI=1S/C9H14BrN3/c1-13(7-12-11)6-8-3-2-4-9(10)5-8/h2-5,12H,6-7,11H2,1H3. The lowest BCUT2D eigenvalue weighted by Crippen LogP contribution is -2.34. The highest BCUT2D eigenvalue weighted by Crippen LogP contribution is 2.12. The Morgan fingerprint density at radius 3 is 2.92 bits per heavy atom. The van der Waals surface area contributed by atoms with E-state index in [9.17, 15) is 0 Å². The molecule has 0 spiro atoms. The Bertz CT molecular complexity index is 265. The third kappa shape index (κ3) is 3.87. The number of benzene rings is 1. The molecule has 13 heavy (non-hydrogen) atoms. The first-order valence-corrected chi connectivity index (χ1v) is 4.88. The van der Waals surface area contributed by atoms with Crippen molar-refractivity contribution in [1.29, 1.82) is 0 Å². The highest BCUT2D eigenvalue weighted by molar-refractivity contribution is 9.10. The van der Waals surface area contributed by atoms with Crippen LogP contribution >= 0.6 is 15.9 Å². The third-order valence-electron chi connectivity index (χ3n) is 1.70. The number of hydrogen-bond donors (Lipinski definition) is 2. The van der Waals surface area contributed by atoms with Crippen LogP contribution in [0.25, 0.3) is 0 Å². The highest BCUT2D eigenvalue weighted by Gasteiger charge is 1.98. The van der Waals surface area contributed by atoms with Crippen LogP contribution in [-0.2, 0) is 6.54 Å². The Morgan fingerprint density at radius 1 is 1.54 bits per heavy atom. The van der Waals surface area contributed by atoms with E-state index in [4.69, 9.17) is 5.84 Å². The first kappa shape index (κ1) is 10.7. The minimum atomic E-state index is 0.687.